The number of rotatable bonds is 2. The summed E-state index contributed by atoms with van der Waals surface area (Å²) in [6.45, 7) is -0.348. The zero-order valence-corrected chi connectivity index (χ0v) is 9.64. The van der Waals surface area contributed by atoms with Gasteiger partial charge >= 0.3 is 0 Å². The number of nitrogens with one attached hydrogen (secondary N) is 1. The van der Waals surface area contributed by atoms with Gasteiger partial charge in [-0.15, -0.1) is 0 Å². The van der Waals surface area contributed by atoms with Gasteiger partial charge in [0.1, 0.15) is 18.0 Å². The summed E-state index contributed by atoms with van der Waals surface area (Å²) in [6, 6.07) is 4.83. The number of phenolic OH excluding ortho intramolecular Hbond substituents is 1. The third-order valence-corrected chi connectivity index (χ3v) is 3.30. The topological polar surface area (TPSA) is 113 Å². The Morgan fingerprint density at radius 1 is 0.944 bits per heavy atom. The van der Waals surface area contributed by atoms with Gasteiger partial charge in [0, 0.05) is 0 Å². The standard InChI is InChI=1S/C12H17NO5/c14-5-8-10(16)12(18)11(17)9(13-8)6-1-3-7(15)4-2-6/h1-4,8-18H,5H2/t8-,9+,10-,11-,12+/m1/s1. The fourth-order valence-corrected chi connectivity index (χ4v) is 2.20. The van der Waals surface area contributed by atoms with Crippen molar-refractivity contribution in [1.29, 1.82) is 0 Å². The molecule has 6 heteroatoms. The Balaban J connectivity index is 2.24. The predicted octanol–water partition coefficient (Wildman–Crippen LogP) is -1.52. The van der Waals surface area contributed by atoms with E-state index in [1.165, 1.54) is 12.1 Å². The molecule has 1 aromatic rings. The third kappa shape index (κ3) is 2.33. The Morgan fingerprint density at radius 2 is 1.56 bits per heavy atom. The summed E-state index contributed by atoms with van der Waals surface area (Å²) in [4.78, 5) is 0. The van der Waals surface area contributed by atoms with Crippen molar-refractivity contribution in [3.8, 4) is 5.75 Å². The van der Waals surface area contributed by atoms with Crippen molar-refractivity contribution in [2.45, 2.75) is 30.4 Å². The van der Waals surface area contributed by atoms with Crippen LogP contribution in [0.5, 0.6) is 5.75 Å². The molecule has 1 aromatic carbocycles. The molecule has 18 heavy (non-hydrogen) atoms. The van der Waals surface area contributed by atoms with Gasteiger partial charge in [-0.2, -0.15) is 0 Å². The van der Waals surface area contributed by atoms with E-state index in [4.69, 9.17) is 5.11 Å². The number of hydrogen-bond acceptors (Lipinski definition) is 6. The third-order valence-electron chi connectivity index (χ3n) is 3.30. The molecule has 1 fully saturated rings. The Morgan fingerprint density at radius 3 is 2.11 bits per heavy atom. The Labute approximate surface area is 104 Å². The average Bonchev–Trinajstić information content (AvgIpc) is 2.38. The van der Waals surface area contributed by atoms with E-state index in [1.54, 1.807) is 12.1 Å². The maximum Gasteiger partial charge on any atom is 0.115 e. The SMILES string of the molecule is OC[C@H]1N[C@@H](c2ccc(O)cc2)[C@@H](O)[C@@H](O)[C@@H]1O. The molecule has 1 saturated heterocycles. The summed E-state index contributed by atoms with van der Waals surface area (Å²) in [5.41, 5.74) is 0.657. The Hall–Kier alpha value is -1.18. The second-order valence-corrected chi connectivity index (χ2v) is 4.50. The minimum atomic E-state index is -1.33. The molecule has 0 radical (unpaired) electrons. The van der Waals surface area contributed by atoms with E-state index >= 15 is 0 Å². The van der Waals surface area contributed by atoms with Crippen LogP contribution in [0.4, 0.5) is 0 Å². The summed E-state index contributed by atoms with van der Waals surface area (Å²) in [5, 5.41) is 50.5. The molecule has 0 aromatic heterocycles. The maximum atomic E-state index is 9.93. The van der Waals surface area contributed by atoms with Gasteiger partial charge in [0.15, 0.2) is 0 Å². The van der Waals surface area contributed by atoms with Crippen LogP contribution in [-0.4, -0.2) is 56.5 Å². The van der Waals surface area contributed by atoms with Gasteiger partial charge in [0.2, 0.25) is 0 Å². The van der Waals surface area contributed by atoms with Crippen molar-refractivity contribution in [2.24, 2.45) is 0 Å². The summed E-state index contributed by atoms with van der Waals surface area (Å²) in [5.74, 6) is 0.100. The van der Waals surface area contributed by atoms with E-state index in [2.05, 4.69) is 5.32 Å². The molecular weight excluding hydrogens is 238 g/mol. The van der Waals surface area contributed by atoms with E-state index in [1.807, 2.05) is 0 Å². The van der Waals surface area contributed by atoms with Gasteiger partial charge in [-0.25, -0.2) is 0 Å². The van der Waals surface area contributed by atoms with Gasteiger partial charge in [-0.05, 0) is 17.7 Å². The lowest BCUT2D eigenvalue weighted by Crippen LogP contribution is -2.62. The van der Waals surface area contributed by atoms with Crippen LogP contribution in [0.25, 0.3) is 0 Å². The number of aromatic hydroxyl groups is 1. The first-order valence-electron chi connectivity index (χ1n) is 5.74. The first-order chi connectivity index (χ1) is 8.54. The van der Waals surface area contributed by atoms with Gasteiger partial charge in [0.25, 0.3) is 0 Å². The first kappa shape index (κ1) is 13.3. The van der Waals surface area contributed by atoms with Crippen molar-refractivity contribution in [1.82, 2.24) is 5.32 Å². The zero-order chi connectivity index (χ0) is 13.3. The van der Waals surface area contributed by atoms with Crippen molar-refractivity contribution in [2.75, 3.05) is 6.61 Å². The lowest BCUT2D eigenvalue weighted by atomic mass is 9.87. The van der Waals surface area contributed by atoms with Crippen molar-refractivity contribution >= 4 is 0 Å². The van der Waals surface area contributed by atoms with Gasteiger partial charge < -0.3 is 30.8 Å². The molecule has 0 unspecified atom stereocenters. The second-order valence-electron chi connectivity index (χ2n) is 4.50. The summed E-state index contributed by atoms with van der Waals surface area (Å²) in [7, 11) is 0. The quantitative estimate of drug-likeness (QED) is 0.383. The first-order valence-corrected chi connectivity index (χ1v) is 5.74. The molecule has 0 aliphatic carbocycles. The van der Waals surface area contributed by atoms with Gasteiger partial charge in [-0.3, -0.25) is 0 Å². The highest BCUT2D eigenvalue weighted by Gasteiger charge is 2.42. The van der Waals surface area contributed by atoms with Crippen LogP contribution >= 0.6 is 0 Å². The second kappa shape index (κ2) is 5.21. The van der Waals surface area contributed by atoms with Crippen LogP contribution in [0.1, 0.15) is 11.6 Å². The number of aliphatic hydroxyl groups is 4. The highest BCUT2D eigenvalue weighted by Crippen LogP contribution is 2.27. The largest absolute Gasteiger partial charge is 0.508 e. The molecule has 2 rings (SSSR count). The molecule has 1 aliphatic heterocycles. The number of phenols is 1. The monoisotopic (exact) mass is 255 g/mol. The number of piperidine rings is 1. The average molecular weight is 255 g/mol. The Kier molecular flexibility index (Phi) is 3.84. The molecular formula is C12H17NO5. The number of hydrogen-bond donors (Lipinski definition) is 6. The molecule has 100 valence electrons. The van der Waals surface area contributed by atoms with Crippen LogP contribution < -0.4 is 5.32 Å². The Bertz CT molecular complexity index is 394. The fraction of sp³-hybridized carbons (Fsp3) is 0.500. The van der Waals surface area contributed by atoms with Crippen molar-refractivity contribution in [3.63, 3.8) is 0 Å². The van der Waals surface area contributed by atoms with E-state index in [0.29, 0.717) is 5.56 Å². The molecule has 6 nitrogen and oxygen atoms in total. The van der Waals surface area contributed by atoms with E-state index in [9.17, 15) is 20.4 Å². The van der Waals surface area contributed by atoms with Crippen molar-refractivity contribution < 1.29 is 25.5 Å². The van der Waals surface area contributed by atoms with Crippen LogP contribution in [0.15, 0.2) is 24.3 Å². The highest BCUT2D eigenvalue weighted by atomic mass is 16.4. The maximum absolute atomic E-state index is 9.93. The van der Waals surface area contributed by atoms with E-state index in [-0.39, 0.29) is 12.4 Å². The fourth-order valence-electron chi connectivity index (χ4n) is 2.20. The molecule has 0 spiro atoms. The lowest BCUT2D eigenvalue weighted by Gasteiger charge is -2.41. The minimum absolute atomic E-state index is 0.100. The summed E-state index contributed by atoms with van der Waals surface area (Å²) in [6.07, 6.45) is -3.74. The van der Waals surface area contributed by atoms with Crippen LogP contribution in [-0.2, 0) is 0 Å². The van der Waals surface area contributed by atoms with Crippen molar-refractivity contribution in [3.05, 3.63) is 29.8 Å². The van der Waals surface area contributed by atoms with Gasteiger partial charge in [-0.1, -0.05) is 12.1 Å². The molecule has 6 N–H and O–H groups in total. The summed E-state index contributed by atoms with van der Waals surface area (Å²) >= 11 is 0. The summed E-state index contributed by atoms with van der Waals surface area (Å²) < 4.78 is 0. The molecule has 1 heterocycles. The predicted molar refractivity (Wildman–Crippen MR) is 62.9 cm³/mol. The molecule has 0 saturated carbocycles. The van der Waals surface area contributed by atoms with Crippen LogP contribution in [0, 0.1) is 0 Å². The molecule has 1 aliphatic rings. The van der Waals surface area contributed by atoms with Crippen LogP contribution in [0.2, 0.25) is 0 Å². The van der Waals surface area contributed by atoms with Crippen LogP contribution in [0.3, 0.4) is 0 Å². The minimum Gasteiger partial charge on any atom is -0.508 e. The number of aliphatic hydroxyl groups excluding tert-OH is 4. The zero-order valence-electron chi connectivity index (χ0n) is 9.64. The molecule has 0 amide bonds. The highest BCUT2D eigenvalue weighted by molar-refractivity contribution is 5.29. The van der Waals surface area contributed by atoms with E-state index < -0.39 is 30.4 Å². The number of benzene rings is 1. The smallest absolute Gasteiger partial charge is 0.115 e. The van der Waals surface area contributed by atoms with Gasteiger partial charge in [0.05, 0.1) is 24.8 Å². The van der Waals surface area contributed by atoms with E-state index in [0.717, 1.165) is 0 Å². The lowest BCUT2D eigenvalue weighted by molar-refractivity contribution is -0.120. The molecule has 5 atom stereocenters. The normalized spacial score (nSPS) is 36.6. The molecule has 0 bridgehead atoms.